The van der Waals surface area contributed by atoms with Gasteiger partial charge in [-0.15, -0.1) is 0 Å². The van der Waals surface area contributed by atoms with Gasteiger partial charge < -0.3 is 5.11 Å². The molecule has 5 nitrogen and oxygen atoms in total. The van der Waals surface area contributed by atoms with Crippen LogP contribution in [0.25, 0.3) is 0 Å². The van der Waals surface area contributed by atoms with E-state index in [1.807, 2.05) is 0 Å². The number of aromatic nitrogens is 2. The second kappa shape index (κ2) is 7.18. The lowest BCUT2D eigenvalue weighted by atomic mass is 10.1. The molecule has 0 unspecified atom stereocenters. The van der Waals surface area contributed by atoms with Gasteiger partial charge in [0, 0.05) is 29.1 Å². The monoisotopic (exact) mass is 321 g/mol. The first-order chi connectivity index (χ1) is 10.1. The number of carbonyl (C=O) groups excluding carboxylic acids is 1. The van der Waals surface area contributed by atoms with E-state index in [-0.39, 0.29) is 12.5 Å². The fourth-order valence-electron chi connectivity index (χ4n) is 1.49. The molecule has 0 aliphatic heterocycles. The smallest absolute Gasteiger partial charge is 0.257 e. The highest BCUT2D eigenvalue weighted by atomic mass is 35.5. The molecular formula is C14H12ClN3O2S. The number of nitrogens with zero attached hydrogens (tertiary/aromatic N) is 2. The number of hydrogen-bond donors (Lipinski definition) is 2. The number of nitrogens with one attached hydrogen (secondary N) is 1. The lowest BCUT2D eigenvalue weighted by Crippen LogP contribution is -2.11. The molecule has 2 aromatic rings. The molecule has 1 aromatic heterocycles. The molecule has 0 bridgehead atoms. The fourth-order valence-corrected chi connectivity index (χ4v) is 2.29. The molecule has 0 fully saturated rings. The van der Waals surface area contributed by atoms with Crippen LogP contribution in [0.1, 0.15) is 28.2 Å². The average Bonchev–Trinajstić information content (AvgIpc) is 2.86. The van der Waals surface area contributed by atoms with Crippen molar-refractivity contribution in [2.45, 2.75) is 13.3 Å². The number of halogens is 1. The topological polar surface area (TPSA) is 75.1 Å². The summed E-state index contributed by atoms with van der Waals surface area (Å²) in [6.07, 6.45) is 0.384. The van der Waals surface area contributed by atoms with E-state index < -0.39 is 0 Å². The third kappa shape index (κ3) is 4.26. The van der Waals surface area contributed by atoms with Gasteiger partial charge in [0.15, 0.2) is 0 Å². The van der Waals surface area contributed by atoms with E-state index in [1.54, 1.807) is 25.1 Å². The van der Waals surface area contributed by atoms with Crippen molar-refractivity contribution < 1.29 is 9.90 Å². The quantitative estimate of drug-likeness (QED) is 0.852. The molecule has 0 saturated carbocycles. The number of rotatable bonds is 3. The van der Waals surface area contributed by atoms with Crippen molar-refractivity contribution in [3.05, 3.63) is 40.2 Å². The number of aliphatic hydroxyl groups excluding tert-OH is 1. The predicted octanol–water partition coefficient (Wildman–Crippen LogP) is 2.49. The molecule has 2 N–H and O–H groups in total. The maximum absolute atomic E-state index is 12.0. The third-order valence-corrected chi connectivity index (χ3v) is 3.47. The second-order valence-electron chi connectivity index (χ2n) is 4.07. The summed E-state index contributed by atoms with van der Waals surface area (Å²) < 4.78 is 3.99. The number of hydrogen-bond acceptors (Lipinski definition) is 5. The van der Waals surface area contributed by atoms with Crippen LogP contribution in [-0.4, -0.2) is 27.0 Å². The summed E-state index contributed by atoms with van der Waals surface area (Å²) in [5.74, 6) is 5.93. The van der Waals surface area contributed by atoms with Crippen LogP contribution in [0.15, 0.2) is 18.2 Å². The predicted molar refractivity (Wildman–Crippen MR) is 82.6 cm³/mol. The Kier molecular flexibility index (Phi) is 5.28. The van der Waals surface area contributed by atoms with E-state index in [4.69, 9.17) is 16.7 Å². The van der Waals surface area contributed by atoms with E-state index in [9.17, 15) is 4.79 Å². The van der Waals surface area contributed by atoms with Crippen molar-refractivity contribution in [1.82, 2.24) is 9.36 Å². The Morgan fingerprint density at radius 3 is 2.95 bits per heavy atom. The van der Waals surface area contributed by atoms with Crippen molar-refractivity contribution in [2.75, 3.05) is 11.9 Å². The Morgan fingerprint density at radius 2 is 2.33 bits per heavy atom. The summed E-state index contributed by atoms with van der Waals surface area (Å²) in [5.41, 5.74) is 1.04. The summed E-state index contributed by atoms with van der Waals surface area (Å²) >= 11 is 7.21. The van der Waals surface area contributed by atoms with Crippen LogP contribution in [0.3, 0.4) is 0 Å². The molecule has 0 aliphatic rings. The Balaban J connectivity index is 2.12. The molecule has 1 aromatic carbocycles. The minimum Gasteiger partial charge on any atom is -0.395 e. The van der Waals surface area contributed by atoms with Crippen LogP contribution in [0, 0.1) is 18.8 Å². The van der Waals surface area contributed by atoms with E-state index in [1.165, 1.54) is 0 Å². The highest BCUT2D eigenvalue weighted by molar-refractivity contribution is 7.09. The Morgan fingerprint density at radius 1 is 1.52 bits per heavy atom. The van der Waals surface area contributed by atoms with E-state index in [0.717, 1.165) is 11.5 Å². The molecule has 0 radical (unpaired) electrons. The number of benzene rings is 1. The zero-order valence-electron chi connectivity index (χ0n) is 11.2. The molecule has 0 atom stereocenters. The van der Waals surface area contributed by atoms with Crippen LogP contribution < -0.4 is 5.32 Å². The van der Waals surface area contributed by atoms with Crippen LogP contribution >= 0.6 is 23.1 Å². The maximum Gasteiger partial charge on any atom is 0.257 e. The van der Waals surface area contributed by atoms with Crippen molar-refractivity contribution in [1.29, 1.82) is 0 Å². The first kappa shape index (κ1) is 15.4. The molecule has 21 heavy (non-hydrogen) atoms. The van der Waals surface area contributed by atoms with Gasteiger partial charge in [-0.25, -0.2) is 4.98 Å². The van der Waals surface area contributed by atoms with Crippen molar-refractivity contribution >= 4 is 34.2 Å². The molecule has 1 amide bonds. The first-order valence-electron chi connectivity index (χ1n) is 6.11. The van der Waals surface area contributed by atoms with Crippen molar-refractivity contribution in [2.24, 2.45) is 0 Å². The van der Waals surface area contributed by atoms with E-state index in [2.05, 4.69) is 26.5 Å². The third-order valence-electron chi connectivity index (χ3n) is 2.44. The molecule has 1 heterocycles. The van der Waals surface area contributed by atoms with Gasteiger partial charge >= 0.3 is 0 Å². The fraction of sp³-hybridized carbons (Fsp3) is 0.214. The maximum atomic E-state index is 12.0. The molecule has 7 heteroatoms. The number of aliphatic hydroxyl groups is 1. The summed E-state index contributed by atoms with van der Waals surface area (Å²) in [5, 5.41) is 12.2. The number of anilines is 1. The van der Waals surface area contributed by atoms with Gasteiger partial charge in [-0.2, -0.15) is 4.37 Å². The van der Waals surface area contributed by atoms with Crippen LogP contribution in [-0.2, 0) is 0 Å². The zero-order chi connectivity index (χ0) is 15.2. The van der Waals surface area contributed by atoms with E-state index >= 15 is 0 Å². The zero-order valence-corrected chi connectivity index (χ0v) is 12.8. The van der Waals surface area contributed by atoms with Crippen LogP contribution in [0.4, 0.5) is 5.13 Å². The normalized spacial score (nSPS) is 9.86. The standard InChI is InChI=1S/C14H12ClN3O2S/c1-9-16-14(21-18-9)17-13(20)11-6-5-10(12(15)8-11)4-2-3-7-19/h5-6,8,19H,3,7H2,1H3,(H,16,17,18,20). The van der Waals surface area contributed by atoms with Gasteiger partial charge in [0.25, 0.3) is 5.91 Å². The van der Waals surface area contributed by atoms with Gasteiger partial charge in [0.2, 0.25) is 5.13 Å². The van der Waals surface area contributed by atoms with Gasteiger partial charge in [-0.3, -0.25) is 10.1 Å². The Hall–Kier alpha value is -1.94. The van der Waals surface area contributed by atoms with Gasteiger partial charge in [-0.1, -0.05) is 23.4 Å². The molecular weight excluding hydrogens is 310 g/mol. The lowest BCUT2D eigenvalue weighted by Gasteiger charge is -2.03. The summed E-state index contributed by atoms with van der Waals surface area (Å²) in [7, 11) is 0. The summed E-state index contributed by atoms with van der Waals surface area (Å²) in [6.45, 7) is 1.76. The average molecular weight is 322 g/mol. The minimum absolute atomic E-state index is 0.00632. The van der Waals surface area contributed by atoms with Gasteiger partial charge in [0.1, 0.15) is 5.82 Å². The molecule has 0 spiro atoms. The first-order valence-corrected chi connectivity index (χ1v) is 7.26. The minimum atomic E-state index is -0.303. The Labute approximate surface area is 131 Å². The van der Waals surface area contributed by atoms with Crippen LogP contribution in [0.2, 0.25) is 5.02 Å². The summed E-state index contributed by atoms with van der Waals surface area (Å²) in [6, 6.07) is 4.86. The Bertz CT molecular complexity index is 718. The molecule has 108 valence electrons. The number of aryl methyl sites for hydroxylation is 1. The SMILES string of the molecule is Cc1nsc(NC(=O)c2ccc(C#CCCO)c(Cl)c2)n1. The van der Waals surface area contributed by atoms with Crippen molar-refractivity contribution in [3.63, 3.8) is 0 Å². The van der Waals surface area contributed by atoms with Gasteiger partial charge in [0.05, 0.1) is 11.6 Å². The summed E-state index contributed by atoms with van der Waals surface area (Å²) in [4.78, 5) is 16.1. The lowest BCUT2D eigenvalue weighted by molar-refractivity contribution is 0.102. The number of amides is 1. The second-order valence-corrected chi connectivity index (χ2v) is 5.23. The largest absolute Gasteiger partial charge is 0.395 e. The van der Waals surface area contributed by atoms with Gasteiger partial charge in [-0.05, 0) is 25.1 Å². The molecule has 0 aliphatic carbocycles. The molecule has 0 saturated heterocycles. The van der Waals surface area contributed by atoms with E-state index in [0.29, 0.717) is 33.5 Å². The van der Waals surface area contributed by atoms with Crippen LogP contribution in [0.5, 0.6) is 0 Å². The van der Waals surface area contributed by atoms with Crippen molar-refractivity contribution in [3.8, 4) is 11.8 Å². The highest BCUT2D eigenvalue weighted by Gasteiger charge is 2.10. The highest BCUT2D eigenvalue weighted by Crippen LogP contribution is 2.19. The number of carbonyl (C=O) groups is 1. The molecule has 2 rings (SSSR count).